The molecule has 0 spiro atoms. The van der Waals surface area contributed by atoms with E-state index >= 15 is 0 Å². The van der Waals surface area contributed by atoms with Gasteiger partial charge in [-0.1, -0.05) is 100 Å². The van der Waals surface area contributed by atoms with Gasteiger partial charge >= 0.3 is 23.9 Å². The van der Waals surface area contributed by atoms with Gasteiger partial charge in [0.2, 0.25) is 0 Å². The summed E-state index contributed by atoms with van der Waals surface area (Å²) in [6.07, 6.45) is 5.70. The van der Waals surface area contributed by atoms with Crippen LogP contribution in [0.5, 0.6) is 23.0 Å². The number of carbonyl (C=O) groups is 4. The highest BCUT2D eigenvalue weighted by molar-refractivity contribution is 6.00. The number of carbonyl (C=O) groups excluding carboxylic acids is 4. The largest absolute Gasteiger partial charge is 0.508 e. The molecule has 0 saturated heterocycles. The van der Waals surface area contributed by atoms with Crippen molar-refractivity contribution in [2.75, 3.05) is 49.2 Å². The predicted molar refractivity (Wildman–Crippen MR) is 301 cm³/mol. The number of ether oxygens (including phenoxy) is 4. The van der Waals surface area contributed by atoms with Gasteiger partial charge in [0.25, 0.3) is 0 Å². The number of anilines is 2. The third kappa shape index (κ3) is 19.5. The van der Waals surface area contributed by atoms with Crippen molar-refractivity contribution in [3.63, 3.8) is 0 Å². The van der Waals surface area contributed by atoms with Crippen LogP contribution in [-0.2, 0) is 41.5 Å². The number of aromatic hydroxyl groups is 2. The molecule has 0 unspecified atom stereocenters. The van der Waals surface area contributed by atoms with E-state index < -0.39 is 23.9 Å². The second-order valence-corrected chi connectivity index (χ2v) is 19.6. The molecule has 6 rings (SSSR count). The van der Waals surface area contributed by atoms with Crippen molar-refractivity contribution in [1.29, 1.82) is 10.5 Å². The van der Waals surface area contributed by atoms with Gasteiger partial charge in [-0.05, 0) is 156 Å². The van der Waals surface area contributed by atoms with Crippen LogP contribution < -0.4 is 19.3 Å². The second kappa shape index (κ2) is 29.8. The first-order valence-corrected chi connectivity index (χ1v) is 26.1. The number of phenolic OH excluding ortho intramolecular Hbond substituents is 2. The summed E-state index contributed by atoms with van der Waals surface area (Å²) in [6.45, 7) is 10.9. The molecule has 6 aromatic rings. The van der Waals surface area contributed by atoms with Crippen LogP contribution in [0, 0.1) is 34.5 Å². The first kappa shape index (κ1) is 58.1. The van der Waals surface area contributed by atoms with Crippen LogP contribution in [0.3, 0.4) is 0 Å². The molecule has 0 heterocycles. The number of nitriles is 2. The Kier molecular flexibility index (Phi) is 22.2. The zero-order valence-electron chi connectivity index (χ0n) is 44.6. The number of phenols is 2. The lowest BCUT2D eigenvalue weighted by molar-refractivity contribution is -0.150. The fraction of sp³-hybridized carbons (Fsp3) is 0.281. The molecular formula is C64H66N4O10. The molecule has 0 aliphatic carbocycles. The van der Waals surface area contributed by atoms with Gasteiger partial charge in [0, 0.05) is 24.5 Å². The minimum Gasteiger partial charge on any atom is -0.508 e. The Balaban J connectivity index is 0.936. The molecule has 0 atom stereocenters. The molecule has 2 N–H and O–H groups in total. The first-order valence-electron chi connectivity index (χ1n) is 26.1. The van der Waals surface area contributed by atoms with Crippen LogP contribution in [0.25, 0.3) is 12.2 Å². The number of hydrogen-bond donors (Lipinski definition) is 2. The molecule has 14 heteroatoms. The number of hydrogen-bond acceptors (Lipinski definition) is 14. The molecule has 6 aromatic carbocycles. The Morgan fingerprint density at radius 2 is 0.795 bits per heavy atom. The normalized spacial score (nSPS) is 11.3. The van der Waals surface area contributed by atoms with Gasteiger partial charge in [0.05, 0.1) is 25.9 Å². The van der Waals surface area contributed by atoms with E-state index in [4.69, 9.17) is 18.9 Å². The predicted octanol–water partition coefficient (Wildman–Crippen LogP) is 11.6. The Morgan fingerprint density at radius 3 is 1.10 bits per heavy atom. The highest BCUT2D eigenvalue weighted by Gasteiger charge is 2.17. The third-order valence-corrected chi connectivity index (χ3v) is 12.5. The average molecular weight is 1050 g/mol. The number of rotatable bonds is 27. The molecule has 0 fully saturated rings. The average Bonchev–Trinajstić information content (AvgIpc) is 3.43. The van der Waals surface area contributed by atoms with E-state index in [0.29, 0.717) is 73.5 Å². The fourth-order valence-electron chi connectivity index (χ4n) is 8.00. The number of nitrogens with zero attached hydrogens (tertiary/aromatic N) is 4. The zero-order valence-corrected chi connectivity index (χ0v) is 44.6. The van der Waals surface area contributed by atoms with Crippen molar-refractivity contribution in [1.82, 2.24) is 0 Å². The summed E-state index contributed by atoms with van der Waals surface area (Å²) in [7, 11) is 0. The standard InChI is InChI=1S/C64H66N4O10/c1-45(2)31-33-67(55-17-5-51(6-18-55)41-53(43-65)63(73)77-59-25-13-49(14-26-59)39-47-9-21-57(69)22-10-47)35-37-75-61(71)29-30-62(72)76-38-36-68(34-32-46(3)4)56-19-7-52(8-20-56)42-54(44-66)64(74)78-60-27-15-50(16-28-60)40-48-11-23-58(70)24-12-48/h5-28,41-42,45-46,69-70H,29-40H2,1-4H3/b53-41+,54-42+. The molecule has 0 aliphatic rings. The zero-order chi connectivity index (χ0) is 55.8. The van der Waals surface area contributed by atoms with E-state index in [2.05, 4.69) is 37.5 Å². The summed E-state index contributed by atoms with van der Waals surface area (Å²) in [4.78, 5) is 55.8. The van der Waals surface area contributed by atoms with Gasteiger partial charge in [0.15, 0.2) is 0 Å². The maximum Gasteiger partial charge on any atom is 0.354 e. The molecule has 0 saturated carbocycles. The molecule has 0 bridgehead atoms. The summed E-state index contributed by atoms with van der Waals surface area (Å²) in [5, 5.41) is 38.7. The SMILES string of the molecule is CC(C)CCN(CCOC(=O)CCC(=O)OCCN(CCC(C)C)c1ccc(/C=C(\C#N)C(=O)Oc2ccc(Cc3ccc(O)cc3)cc2)cc1)c1ccc(/C=C(\C#N)C(=O)Oc2ccc(Cc3ccc(O)cc3)cc2)cc1. The first-order chi connectivity index (χ1) is 37.6. The summed E-state index contributed by atoms with van der Waals surface area (Å²) in [5.74, 6) is -0.761. The molecule has 0 radical (unpaired) electrons. The van der Waals surface area contributed by atoms with Gasteiger partial charge < -0.3 is 39.0 Å². The van der Waals surface area contributed by atoms with E-state index in [1.165, 1.54) is 12.2 Å². The van der Waals surface area contributed by atoms with Crippen molar-refractivity contribution in [2.24, 2.45) is 11.8 Å². The van der Waals surface area contributed by atoms with Gasteiger partial charge in [-0.25, -0.2) is 9.59 Å². The third-order valence-electron chi connectivity index (χ3n) is 12.5. The Morgan fingerprint density at radius 1 is 0.474 bits per heavy atom. The lowest BCUT2D eigenvalue weighted by Crippen LogP contribution is -2.30. The smallest absolute Gasteiger partial charge is 0.354 e. The summed E-state index contributed by atoms with van der Waals surface area (Å²) in [6, 6.07) is 46.6. The molecular weight excluding hydrogens is 985 g/mol. The van der Waals surface area contributed by atoms with E-state index in [-0.39, 0.29) is 48.7 Å². The summed E-state index contributed by atoms with van der Waals surface area (Å²) in [5.41, 5.74) is 6.67. The molecule has 14 nitrogen and oxygen atoms in total. The van der Waals surface area contributed by atoms with Gasteiger partial charge in [-0.3, -0.25) is 9.59 Å². The molecule has 78 heavy (non-hydrogen) atoms. The topological polar surface area (TPSA) is 200 Å². The van der Waals surface area contributed by atoms with Crippen LogP contribution in [0.15, 0.2) is 157 Å². The van der Waals surface area contributed by atoms with Gasteiger partial charge in [-0.2, -0.15) is 10.5 Å². The van der Waals surface area contributed by atoms with Crippen LogP contribution in [0.4, 0.5) is 11.4 Å². The Hall–Kier alpha value is -9.14. The Bertz CT molecular complexity index is 2850. The van der Waals surface area contributed by atoms with E-state index in [1.807, 2.05) is 84.9 Å². The van der Waals surface area contributed by atoms with Gasteiger partial charge in [0.1, 0.15) is 59.5 Å². The second-order valence-electron chi connectivity index (χ2n) is 19.6. The summed E-state index contributed by atoms with van der Waals surface area (Å²) < 4.78 is 22.1. The lowest BCUT2D eigenvalue weighted by atomic mass is 10.0. The number of esters is 4. The van der Waals surface area contributed by atoms with Crippen molar-refractivity contribution in [3.8, 4) is 35.1 Å². The van der Waals surface area contributed by atoms with E-state index in [1.54, 1.807) is 72.8 Å². The van der Waals surface area contributed by atoms with Crippen molar-refractivity contribution in [2.45, 2.75) is 66.2 Å². The minimum absolute atomic E-state index is 0.0934. The quantitative estimate of drug-likeness (QED) is 0.0214. The number of benzene rings is 6. The van der Waals surface area contributed by atoms with Crippen LogP contribution in [0.2, 0.25) is 0 Å². The molecule has 0 aromatic heterocycles. The van der Waals surface area contributed by atoms with Crippen LogP contribution in [0.1, 0.15) is 86.8 Å². The maximum atomic E-state index is 13.0. The van der Waals surface area contributed by atoms with E-state index in [0.717, 1.165) is 46.5 Å². The van der Waals surface area contributed by atoms with Gasteiger partial charge in [-0.15, -0.1) is 0 Å². The van der Waals surface area contributed by atoms with E-state index in [9.17, 15) is 39.9 Å². The minimum atomic E-state index is -0.779. The summed E-state index contributed by atoms with van der Waals surface area (Å²) >= 11 is 0. The molecule has 402 valence electrons. The highest BCUT2D eigenvalue weighted by atomic mass is 16.5. The highest BCUT2D eigenvalue weighted by Crippen LogP contribution is 2.24. The lowest BCUT2D eigenvalue weighted by Gasteiger charge is -2.26. The Labute approximate surface area is 457 Å². The van der Waals surface area contributed by atoms with Crippen molar-refractivity contribution in [3.05, 3.63) is 190 Å². The maximum absolute atomic E-state index is 13.0. The van der Waals surface area contributed by atoms with Crippen molar-refractivity contribution < 1.29 is 48.3 Å². The van der Waals surface area contributed by atoms with Crippen molar-refractivity contribution >= 4 is 47.4 Å². The molecule has 0 aliphatic heterocycles. The molecule has 0 amide bonds. The van der Waals surface area contributed by atoms with Crippen LogP contribution in [-0.4, -0.2) is 73.5 Å². The monoisotopic (exact) mass is 1050 g/mol. The fourth-order valence-corrected chi connectivity index (χ4v) is 8.00. The van der Waals surface area contributed by atoms with Crippen LogP contribution >= 0.6 is 0 Å².